The summed E-state index contributed by atoms with van der Waals surface area (Å²) in [6, 6.07) is 15.3. The van der Waals surface area contributed by atoms with Crippen LogP contribution in [0.1, 0.15) is 34.3 Å². The first-order chi connectivity index (χ1) is 12.7. The van der Waals surface area contributed by atoms with E-state index in [1.807, 2.05) is 30.3 Å². The van der Waals surface area contributed by atoms with Crippen molar-refractivity contribution in [1.82, 2.24) is 5.32 Å². The highest BCUT2D eigenvalue weighted by Gasteiger charge is 2.17. The van der Waals surface area contributed by atoms with Gasteiger partial charge in [0.25, 0.3) is 5.91 Å². The van der Waals surface area contributed by atoms with E-state index in [4.69, 9.17) is 10.2 Å². The van der Waals surface area contributed by atoms with Gasteiger partial charge in [-0.25, -0.2) is 13.6 Å². The Morgan fingerprint density at radius 1 is 1.04 bits per heavy atom. The van der Waals surface area contributed by atoms with Gasteiger partial charge in [0, 0.05) is 18.0 Å². The molecule has 1 amide bonds. The summed E-state index contributed by atoms with van der Waals surface area (Å²) in [6.07, 6.45) is 0.715. The molecule has 0 aliphatic heterocycles. The van der Waals surface area contributed by atoms with Gasteiger partial charge >= 0.3 is 5.97 Å². The molecule has 2 aromatic rings. The molecule has 2 aromatic carbocycles. The van der Waals surface area contributed by atoms with E-state index in [1.165, 1.54) is 6.07 Å². The number of aliphatic carboxylic acids is 1. The number of sulfonamides is 1. The predicted molar refractivity (Wildman–Crippen MR) is 102 cm³/mol. The molecule has 2 rings (SSSR count). The second-order valence-electron chi connectivity index (χ2n) is 6.30. The lowest BCUT2D eigenvalue weighted by molar-refractivity contribution is -0.137. The van der Waals surface area contributed by atoms with Crippen LogP contribution in [-0.2, 0) is 27.0 Å². The fraction of sp³-hybridized carbons (Fsp3) is 0.263. The van der Waals surface area contributed by atoms with Gasteiger partial charge in [-0.3, -0.25) is 9.59 Å². The number of rotatable bonds is 9. The molecule has 0 heterocycles. The molecule has 0 fully saturated rings. The smallest absolute Gasteiger partial charge is 0.303 e. The molecule has 0 spiro atoms. The van der Waals surface area contributed by atoms with Gasteiger partial charge in [0.05, 0.1) is 5.75 Å². The summed E-state index contributed by atoms with van der Waals surface area (Å²) in [6.45, 7) is 0. The Balaban J connectivity index is 2.12. The summed E-state index contributed by atoms with van der Waals surface area (Å²) in [5.74, 6) is -1.68. The normalized spacial score (nSPS) is 12.3. The van der Waals surface area contributed by atoms with Crippen LogP contribution in [-0.4, -0.2) is 31.4 Å². The molecule has 144 valence electrons. The number of carbonyl (C=O) groups excluding carboxylic acids is 1. The van der Waals surface area contributed by atoms with Crippen molar-refractivity contribution >= 4 is 21.9 Å². The van der Waals surface area contributed by atoms with E-state index in [0.717, 1.165) is 5.56 Å². The van der Waals surface area contributed by atoms with E-state index in [9.17, 15) is 18.0 Å². The number of primary sulfonamides is 1. The summed E-state index contributed by atoms with van der Waals surface area (Å²) in [4.78, 5) is 23.5. The molecule has 1 unspecified atom stereocenters. The molecule has 1 atom stereocenters. The first-order valence-electron chi connectivity index (χ1n) is 8.39. The van der Waals surface area contributed by atoms with E-state index in [2.05, 4.69) is 5.32 Å². The van der Waals surface area contributed by atoms with Crippen LogP contribution in [0.4, 0.5) is 0 Å². The van der Waals surface area contributed by atoms with Crippen LogP contribution in [0.3, 0.4) is 0 Å². The quantitative estimate of drug-likeness (QED) is 0.600. The second-order valence-corrected chi connectivity index (χ2v) is 7.91. The molecule has 8 heteroatoms. The maximum atomic E-state index is 12.6. The van der Waals surface area contributed by atoms with Crippen LogP contribution in [0.2, 0.25) is 0 Å². The molecule has 0 aliphatic rings. The van der Waals surface area contributed by atoms with Crippen LogP contribution < -0.4 is 10.5 Å². The average molecular weight is 390 g/mol. The molecule has 27 heavy (non-hydrogen) atoms. The average Bonchev–Trinajstić information content (AvgIpc) is 2.59. The molecule has 0 bridgehead atoms. The van der Waals surface area contributed by atoms with E-state index in [0.29, 0.717) is 17.5 Å². The summed E-state index contributed by atoms with van der Waals surface area (Å²) < 4.78 is 22.5. The number of hydrogen-bond donors (Lipinski definition) is 3. The fourth-order valence-electron chi connectivity index (χ4n) is 2.72. The maximum absolute atomic E-state index is 12.6. The molecule has 4 N–H and O–H groups in total. The number of carbonyl (C=O) groups is 2. The number of amides is 1. The lowest BCUT2D eigenvalue weighted by atomic mass is 10.0. The Kier molecular flexibility index (Phi) is 7.09. The molecule has 0 aliphatic carbocycles. The SMILES string of the molecule is NS(=O)(=O)Cc1cccc(C(=O)NC(CCC(=O)O)Cc2ccccc2)c1. The number of carboxylic acid groups (broad SMARTS) is 1. The lowest BCUT2D eigenvalue weighted by Gasteiger charge is -2.18. The van der Waals surface area contributed by atoms with Crippen molar-refractivity contribution in [1.29, 1.82) is 0 Å². The monoisotopic (exact) mass is 390 g/mol. The number of benzene rings is 2. The van der Waals surface area contributed by atoms with Gasteiger partial charge in [0.1, 0.15) is 0 Å². The largest absolute Gasteiger partial charge is 0.481 e. The number of nitrogens with two attached hydrogens (primary N) is 1. The van der Waals surface area contributed by atoms with Crippen molar-refractivity contribution < 1.29 is 23.1 Å². The van der Waals surface area contributed by atoms with Crippen LogP contribution in [0.15, 0.2) is 54.6 Å². The Bertz CT molecular complexity index is 897. The Hall–Kier alpha value is -2.71. The van der Waals surface area contributed by atoms with Gasteiger partial charge in [-0.2, -0.15) is 0 Å². The van der Waals surface area contributed by atoms with E-state index >= 15 is 0 Å². The minimum atomic E-state index is -3.70. The van der Waals surface area contributed by atoms with Crippen LogP contribution in [0, 0.1) is 0 Å². The van der Waals surface area contributed by atoms with Crippen molar-refractivity contribution in [2.45, 2.75) is 31.1 Å². The van der Waals surface area contributed by atoms with Gasteiger partial charge in [-0.15, -0.1) is 0 Å². The molecule has 0 saturated carbocycles. The van der Waals surface area contributed by atoms with Crippen LogP contribution >= 0.6 is 0 Å². The highest BCUT2D eigenvalue weighted by atomic mass is 32.2. The minimum absolute atomic E-state index is 0.0662. The Labute approximate surface area is 158 Å². The summed E-state index contributed by atoms with van der Waals surface area (Å²) in [5.41, 5.74) is 1.69. The maximum Gasteiger partial charge on any atom is 0.303 e. The second kappa shape index (κ2) is 9.29. The standard InChI is InChI=1S/C19H22N2O5S/c20-27(25,26)13-15-7-4-8-16(11-15)19(24)21-17(9-10-18(22)23)12-14-5-2-1-3-6-14/h1-8,11,17H,9-10,12-13H2,(H,21,24)(H,22,23)(H2,20,25,26). The lowest BCUT2D eigenvalue weighted by Crippen LogP contribution is -2.37. The minimum Gasteiger partial charge on any atom is -0.481 e. The number of carboxylic acids is 1. The molecule has 0 aromatic heterocycles. The number of nitrogens with one attached hydrogen (secondary N) is 1. The van der Waals surface area contributed by atoms with Crippen molar-refractivity contribution in [3.63, 3.8) is 0 Å². The zero-order chi connectivity index (χ0) is 19.9. The Morgan fingerprint density at radius 2 is 1.70 bits per heavy atom. The highest BCUT2D eigenvalue weighted by Crippen LogP contribution is 2.11. The highest BCUT2D eigenvalue weighted by molar-refractivity contribution is 7.88. The molecule has 0 radical (unpaired) electrons. The van der Waals surface area contributed by atoms with E-state index < -0.39 is 21.9 Å². The third kappa shape index (κ3) is 7.59. The topological polar surface area (TPSA) is 127 Å². The fourth-order valence-corrected chi connectivity index (χ4v) is 3.37. The first-order valence-corrected chi connectivity index (χ1v) is 10.1. The summed E-state index contributed by atoms with van der Waals surface area (Å²) in [5, 5.41) is 16.8. The van der Waals surface area contributed by atoms with Gasteiger partial charge in [-0.1, -0.05) is 42.5 Å². The third-order valence-corrected chi connectivity index (χ3v) is 4.66. The first kappa shape index (κ1) is 20.6. The van der Waals surface area contributed by atoms with E-state index in [-0.39, 0.29) is 24.6 Å². The van der Waals surface area contributed by atoms with Gasteiger partial charge < -0.3 is 10.4 Å². The van der Waals surface area contributed by atoms with Crippen molar-refractivity contribution in [3.05, 3.63) is 71.3 Å². The Morgan fingerprint density at radius 3 is 2.33 bits per heavy atom. The van der Waals surface area contributed by atoms with Crippen LogP contribution in [0.5, 0.6) is 0 Å². The van der Waals surface area contributed by atoms with Crippen molar-refractivity contribution in [3.8, 4) is 0 Å². The molecule has 0 saturated heterocycles. The number of hydrogen-bond acceptors (Lipinski definition) is 4. The molecular formula is C19H22N2O5S. The molecular weight excluding hydrogens is 368 g/mol. The van der Waals surface area contributed by atoms with Gasteiger partial charge in [0.15, 0.2) is 0 Å². The van der Waals surface area contributed by atoms with Gasteiger partial charge in [-0.05, 0) is 36.1 Å². The third-order valence-electron chi connectivity index (χ3n) is 3.92. The van der Waals surface area contributed by atoms with Crippen molar-refractivity contribution in [2.75, 3.05) is 0 Å². The summed E-state index contributed by atoms with van der Waals surface area (Å²) >= 11 is 0. The van der Waals surface area contributed by atoms with Crippen LogP contribution in [0.25, 0.3) is 0 Å². The summed E-state index contributed by atoms with van der Waals surface area (Å²) in [7, 11) is -3.70. The predicted octanol–water partition coefficient (Wildman–Crippen LogP) is 1.68. The molecule has 7 nitrogen and oxygen atoms in total. The van der Waals surface area contributed by atoms with E-state index in [1.54, 1.807) is 18.2 Å². The zero-order valence-electron chi connectivity index (χ0n) is 14.7. The van der Waals surface area contributed by atoms with Gasteiger partial charge in [0.2, 0.25) is 10.0 Å². The van der Waals surface area contributed by atoms with Crippen molar-refractivity contribution in [2.24, 2.45) is 5.14 Å². The zero-order valence-corrected chi connectivity index (χ0v) is 15.5.